The van der Waals surface area contributed by atoms with E-state index in [2.05, 4.69) is 4.99 Å². The molecule has 0 amide bonds. The highest BCUT2D eigenvalue weighted by molar-refractivity contribution is 7.07. The van der Waals surface area contributed by atoms with Gasteiger partial charge in [0.25, 0.3) is 5.56 Å². The average molecular weight is 445 g/mol. The smallest absolute Gasteiger partial charge is 0.338 e. The van der Waals surface area contributed by atoms with E-state index in [1.165, 1.54) is 11.3 Å². The van der Waals surface area contributed by atoms with E-state index in [-0.39, 0.29) is 12.2 Å². The van der Waals surface area contributed by atoms with Gasteiger partial charge >= 0.3 is 5.97 Å². The number of allylic oxidation sites excluding steroid dienone is 2. The zero-order valence-corrected chi connectivity index (χ0v) is 19.1. The minimum atomic E-state index is -0.592. The maximum absolute atomic E-state index is 13.4. The van der Waals surface area contributed by atoms with Crippen molar-refractivity contribution in [2.45, 2.75) is 26.8 Å². The van der Waals surface area contributed by atoms with Gasteiger partial charge in [0.1, 0.15) is 0 Å². The third-order valence-electron chi connectivity index (χ3n) is 5.20. The fourth-order valence-corrected chi connectivity index (χ4v) is 4.65. The number of aryl methyl sites for hydroxylation is 1. The number of aromatic nitrogens is 1. The molecule has 32 heavy (non-hydrogen) atoms. The van der Waals surface area contributed by atoms with Crippen LogP contribution in [0.5, 0.6) is 0 Å². The van der Waals surface area contributed by atoms with Crippen molar-refractivity contribution in [1.82, 2.24) is 4.57 Å². The van der Waals surface area contributed by atoms with Gasteiger partial charge in [-0.2, -0.15) is 0 Å². The summed E-state index contributed by atoms with van der Waals surface area (Å²) >= 11 is 1.33. The molecule has 0 saturated carbocycles. The van der Waals surface area contributed by atoms with E-state index in [9.17, 15) is 9.59 Å². The van der Waals surface area contributed by atoms with Crippen molar-refractivity contribution >= 4 is 29.5 Å². The molecule has 0 aliphatic carbocycles. The van der Waals surface area contributed by atoms with Gasteiger partial charge in [-0.3, -0.25) is 9.36 Å². The van der Waals surface area contributed by atoms with Gasteiger partial charge in [-0.15, -0.1) is 0 Å². The first-order chi connectivity index (χ1) is 15.5. The molecule has 0 fully saturated rings. The predicted octanol–water partition coefficient (Wildman–Crippen LogP) is 3.77. The number of nitrogens with zero attached hydrogens (tertiary/aromatic N) is 2. The number of benzene rings is 2. The Balaban J connectivity index is 1.87. The summed E-state index contributed by atoms with van der Waals surface area (Å²) in [6, 6.07) is 17.2. The maximum Gasteiger partial charge on any atom is 0.338 e. The zero-order chi connectivity index (χ0) is 22.7. The van der Waals surface area contributed by atoms with E-state index in [1.807, 2.05) is 79.7 Å². The summed E-state index contributed by atoms with van der Waals surface area (Å²) in [6.07, 6.45) is 5.65. The quantitative estimate of drug-likeness (QED) is 0.563. The highest BCUT2D eigenvalue weighted by Crippen LogP contribution is 2.26. The Morgan fingerprint density at radius 1 is 1.09 bits per heavy atom. The van der Waals surface area contributed by atoms with Crippen molar-refractivity contribution in [3.8, 4) is 0 Å². The number of carbonyl (C=O) groups excluding carboxylic acids is 1. The van der Waals surface area contributed by atoms with E-state index in [0.29, 0.717) is 20.6 Å². The van der Waals surface area contributed by atoms with E-state index in [0.717, 1.165) is 16.7 Å². The largest absolute Gasteiger partial charge is 0.463 e. The molecule has 2 heterocycles. The van der Waals surface area contributed by atoms with Crippen LogP contribution in [0, 0.1) is 6.92 Å². The second-order valence-corrected chi connectivity index (χ2v) is 8.53. The highest BCUT2D eigenvalue weighted by Gasteiger charge is 2.30. The molecule has 1 atom stereocenters. The minimum Gasteiger partial charge on any atom is -0.463 e. The summed E-state index contributed by atoms with van der Waals surface area (Å²) in [5.41, 5.74) is 3.85. The van der Waals surface area contributed by atoms with Crippen molar-refractivity contribution in [2.75, 3.05) is 6.61 Å². The van der Waals surface area contributed by atoms with Crippen LogP contribution in [0.1, 0.15) is 36.6 Å². The first-order valence-electron chi connectivity index (χ1n) is 10.5. The van der Waals surface area contributed by atoms with Crippen molar-refractivity contribution in [2.24, 2.45) is 4.99 Å². The first kappa shape index (κ1) is 21.7. The maximum atomic E-state index is 13.4. The number of hydrogen-bond donors (Lipinski definition) is 0. The van der Waals surface area contributed by atoms with Gasteiger partial charge in [0.15, 0.2) is 4.80 Å². The van der Waals surface area contributed by atoms with Crippen molar-refractivity contribution in [3.63, 3.8) is 0 Å². The molecule has 162 valence electrons. The number of fused-ring (bicyclic) bond motifs is 1. The monoisotopic (exact) mass is 444 g/mol. The first-order valence-corrected chi connectivity index (χ1v) is 11.3. The normalized spacial score (nSPS) is 16.2. The molecule has 0 unspecified atom stereocenters. The lowest BCUT2D eigenvalue weighted by atomic mass is 10.0. The molecule has 0 radical (unpaired) electrons. The standard InChI is InChI=1S/C26H24N2O3S/c1-4-31-25(30)23-18(3)27-26-28(21(23)15-14-19-8-6-5-7-9-19)24(29)22(32-26)16-20-12-10-17(2)11-13-20/h5-16,21H,4H2,1-3H3/b15-14+,22-16?/t21-/m1/s1. The Bertz CT molecular complexity index is 1380. The lowest BCUT2D eigenvalue weighted by Gasteiger charge is -2.21. The van der Waals surface area contributed by atoms with E-state index in [1.54, 1.807) is 18.4 Å². The third-order valence-corrected chi connectivity index (χ3v) is 6.19. The fraction of sp³-hybridized carbons (Fsp3) is 0.192. The molecule has 2 aromatic carbocycles. The van der Waals surface area contributed by atoms with E-state index < -0.39 is 12.0 Å². The summed E-state index contributed by atoms with van der Waals surface area (Å²) in [7, 11) is 0. The minimum absolute atomic E-state index is 0.175. The molecule has 3 aromatic rings. The Morgan fingerprint density at radius 2 is 1.81 bits per heavy atom. The van der Waals surface area contributed by atoms with E-state index >= 15 is 0 Å². The van der Waals surface area contributed by atoms with Crippen LogP contribution in [-0.2, 0) is 9.53 Å². The second-order valence-electron chi connectivity index (χ2n) is 7.53. The second kappa shape index (κ2) is 9.32. The highest BCUT2D eigenvalue weighted by atomic mass is 32.1. The number of ether oxygens (including phenoxy) is 1. The van der Waals surface area contributed by atoms with Gasteiger partial charge in [-0.05, 0) is 38.0 Å². The molecule has 0 bridgehead atoms. The molecular formula is C26H24N2O3S. The molecule has 4 rings (SSSR count). The number of hydrogen-bond acceptors (Lipinski definition) is 5. The van der Waals surface area contributed by atoms with Crippen LogP contribution < -0.4 is 14.9 Å². The van der Waals surface area contributed by atoms with Crippen LogP contribution in [0.4, 0.5) is 0 Å². The predicted molar refractivity (Wildman–Crippen MR) is 128 cm³/mol. The van der Waals surface area contributed by atoms with Crippen LogP contribution >= 0.6 is 11.3 Å². The molecule has 0 N–H and O–H groups in total. The molecule has 0 spiro atoms. The summed E-state index contributed by atoms with van der Waals surface area (Å²) in [5, 5.41) is 0. The molecule has 1 aliphatic rings. The summed E-state index contributed by atoms with van der Waals surface area (Å²) in [6.45, 7) is 5.82. The number of thiazole rings is 1. The third kappa shape index (κ3) is 4.41. The Labute approximate surface area is 190 Å². The lowest BCUT2D eigenvalue weighted by Crippen LogP contribution is -2.38. The van der Waals surface area contributed by atoms with Crippen molar-refractivity contribution in [1.29, 1.82) is 0 Å². The van der Waals surface area contributed by atoms with Gasteiger partial charge in [0, 0.05) is 0 Å². The van der Waals surface area contributed by atoms with Gasteiger partial charge in [-0.25, -0.2) is 9.79 Å². The summed E-state index contributed by atoms with van der Waals surface area (Å²) < 4.78 is 7.45. The van der Waals surface area contributed by atoms with Gasteiger partial charge in [-0.1, -0.05) is 83.6 Å². The van der Waals surface area contributed by atoms with Crippen molar-refractivity contribution < 1.29 is 9.53 Å². The Kier molecular flexibility index (Phi) is 6.32. The number of rotatable bonds is 5. The summed E-state index contributed by atoms with van der Waals surface area (Å²) in [4.78, 5) is 31.4. The SMILES string of the molecule is CCOC(=O)C1=C(C)N=c2sc(=Cc3ccc(C)cc3)c(=O)n2[C@@H]1/C=C/c1ccccc1. The molecular weight excluding hydrogens is 420 g/mol. The number of carbonyl (C=O) groups is 1. The van der Waals surface area contributed by atoms with Gasteiger partial charge in [0.2, 0.25) is 0 Å². The molecule has 5 nitrogen and oxygen atoms in total. The summed E-state index contributed by atoms with van der Waals surface area (Å²) in [5.74, 6) is -0.454. The fourth-order valence-electron chi connectivity index (χ4n) is 3.60. The number of esters is 1. The van der Waals surface area contributed by atoms with Crippen LogP contribution in [-0.4, -0.2) is 17.1 Å². The molecule has 6 heteroatoms. The lowest BCUT2D eigenvalue weighted by molar-refractivity contribution is -0.139. The van der Waals surface area contributed by atoms with E-state index in [4.69, 9.17) is 4.74 Å². The topological polar surface area (TPSA) is 60.7 Å². The average Bonchev–Trinajstić information content (AvgIpc) is 3.09. The Hall–Kier alpha value is -3.51. The van der Waals surface area contributed by atoms with Crippen LogP contribution in [0.3, 0.4) is 0 Å². The molecule has 1 aliphatic heterocycles. The molecule has 0 saturated heterocycles. The van der Waals surface area contributed by atoms with Gasteiger partial charge in [0.05, 0.1) is 28.5 Å². The van der Waals surface area contributed by atoms with Crippen LogP contribution in [0.15, 0.2) is 81.7 Å². The zero-order valence-electron chi connectivity index (χ0n) is 18.2. The van der Waals surface area contributed by atoms with Crippen molar-refractivity contribution in [3.05, 3.63) is 108 Å². The molecule has 1 aromatic heterocycles. The van der Waals surface area contributed by atoms with Gasteiger partial charge < -0.3 is 4.74 Å². The Morgan fingerprint density at radius 3 is 2.50 bits per heavy atom. The van der Waals surface area contributed by atoms with Crippen LogP contribution in [0.2, 0.25) is 0 Å². The van der Waals surface area contributed by atoms with Crippen LogP contribution in [0.25, 0.3) is 12.2 Å².